The van der Waals surface area contributed by atoms with Crippen LogP contribution < -0.4 is 5.01 Å². The third-order valence-electron chi connectivity index (χ3n) is 6.82. The molecule has 1 aliphatic heterocycles. The number of fused-ring (bicyclic) bond motifs is 1. The molecule has 0 aromatic heterocycles. The maximum Gasteiger partial charge on any atom is 0.201 e. The maximum absolute atomic E-state index is 14.3. The molecule has 0 radical (unpaired) electrons. The van der Waals surface area contributed by atoms with Gasteiger partial charge in [0.05, 0.1) is 17.3 Å². The van der Waals surface area contributed by atoms with E-state index >= 15 is 0 Å². The Bertz CT molecular complexity index is 1410. The molecule has 1 unspecified atom stereocenters. The Kier molecular flexibility index (Phi) is 4.56. The molecular weight excluding hydrogens is 420 g/mol. The fourth-order valence-corrected chi connectivity index (χ4v) is 5.24. The summed E-state index contributed by atoms with van der Waals surface area (Å²) in [6.07, 6.45) is 0. The second-order valence-electron chi connectivity index (χ2n) is 8.81. The highest BCUT2D eigenvalue weighted by molar-refractivity contribution is 6.38. The molecule has 4 nitrogen and oxygen atoms in total. The highest BCUT2D eigenvalue weighted by atomic mass is 16.2. The van der Waals surface area contributed by atoms with Crippen molar-refractivity contribution >= 4 is 23.0 Å². The van der Waals surface area contributed by atoms with E-state index in [1.807, 2.05) is 104 Å². The van der Waals surface area contributed by atoms with Gasteiger partial charge in [0.15, 0.2) is 11.6 Å². The smallest absolute Gasteiger partial charge is 0.201 e. The third kappa shape index (κ3) is 2.75. The normalized spacial score (nSPS) is 18.3. The minimum atomic E-state index is -1.52. The molecule has 4 aromatic carbocycles. The minimum Gasteiger partial charge on any atom is -0.291 e. The Morgan fingerprint density at radius 3 is 1.79 bits per heavy atom. The van der Waals surface area contributed by atoms with E-state index in [0.717, 1.165) is 16.7 Å². The number of ketones is 2. The van der Waals surface area contributed by atoms with Crippen molar-refractivity contribution in [1.82, 2.24) is 0 Å². The molecule has 0 amide bonds. The Morgan fingerprint density at radius 2 is 1.21 bits per heavy atom. The zero-order chi connectivity index (χ0) is 23.3. The summed E-state index contributed by atoms with van der Waals surface area (Å²) in [6, 6.07) is 34.5. The van der Waals surface area contributed by atoms with Gasteiger partial charge < -0.3 is 0 Å². The van der Waals surface area contributed by atoms with Crippen LogP contribution in [0.2, 0.25) is 0 Å². The van der Waals surface area contributed by atoms with Crippen LogP contribution in [0.4, 0.5) is 5.69 Å². The Labute approximate surface area is 198 Å². The average Bonchev–Trinajstić information content (AvgIpc) is 3.36. The molecular formula is C30H22N2O2. The van der Waals surface area contributed by atoms with Crippen LogP contribution in [0.3, 0.4) is 0 Å². The number of carbonyl (C=O) groups excluding carboxylic acids is 2. The van der Waals surface area contributed by atoms with Gasteiger partial charge in [-0.3, -0.25) is 9.59 Å². The Balaban J connectivity index is 1.67. The molecule has 0 fully saturated rings. The van der Waals surface area contributed by atoms with Crippen molar-refractivity contribution in [3.63, 3.8) is 0 Å². The van der Waals surface area contributed by atoms with E-state index in [9.17, 15) is 9.59 Å². The summed E-state index contributed by atoms with van der Waals surface area (Å²) in [5.41, 5.74) is 3.68. The van der Waals surface area contributed by atoms with Gasteiger partial charge in [0.2, 0.25) is 5.54 Å². The van der Waals surface area contributed by atoms with Crippen molar-refractivity contribution in [2.75, 3.05) is 5.01 Å². The average molecular weight is 443 g/mol. The number of benzene rings is 4. The number of hydrogen-bond donors (Lipinski definition) is 0. The molecule has 1 aliphatic carbocycles. The van der Waals surface area contributed by atoms with Crippen LogP contribution >= 0.6 is 0 Å². The molecule has 164 valence electrons. The zero-order valence-corrected chi connectivity index (χ0v) is 18.7. The summed E-state index contributed by atoms with van der Waals surface area (Å²) < 4.78 is 0. The summed E-state index contributed by atoms with van der Waals surface area (Å²) in [5, 5.41) is 6.72. The first kappa shape index (κ1) is 20.3. The summed E-state index contributed by atoms with van der Waals surface area (Å²) in [5.74, 6) is -0.987. The van der Waals surface area contributed by atoms with Crippen LogP contribution in [0.15, 0.2) is 114 Å². The molecule has 2 aliphatic rings. The number of anilines is 1. The van der Waals surface area contributed by atoms with Gasteiger partial charge in [-0.25, -0.2) is 5.01 Å². The lowest BCUT2D eigenvalue weighted by atomic mass is 9.72. The molecule has 1 atom stereocenters. The topological polar surface area (TPSA) is 49.7 Å². The van der Waals surface area contributed by atoms with Gasteiger partial charge in [-0.05, 0) is 30.2 Å². The molecule has 4 aromatic rings. The molecule has 0 saturated heterocycles. The molecule has 1 spiro atoms. The maximum atomic E-state index is 14.3. The first-order chi connectivity index (χ1) is 16.6. The predicted octanol–water partition coefficient (Wildman–Crippen LogP) is 5.82. The fourth-order valence-electron chi connectivity index (χ4n) is 5.24. The van der Waals surface area contributed by atoms with Crippen molar-refractivity contribution in [3.05, 3.63) is 137 Å². The zero-order valence-electron chi connectivity index (χ0n) is 18.7. The van der Waals surface area contributed by atoms with Crippen molar-refractivity contribution in [2.45, 2.75) is 18.4 Å². The molecule has 0 bridgehead atoms. The van der Waals surface area contributed by atoms with Gasteiger partial charge in [-0.2, -0.15) is 5.10 Å². The van der Waals surface area contributed by atoms with E-state index in [0.29, 0.717) is 22.5 Å². The molecule has 4 heteroatoms. The van der Waals surface area contributed by atoms with E-state index in [-0.39, 0.29) is 11.6 Å². The van der Waals surface area contributed by atoms with Crippen molar-refractivity contribution in [2.24, 2.45) is 5.10 Å². The number of Topliss-reactive ketones (excluding diaryl/α,β-unsaturated/α-hetero) is 2. The first-order valence-electron chi connectivity index (χ1n) is 11.4. The first-order valence-corrected chi connectivity index (χ1v) is 11.4. The second-order valence-corrected chi connectivity index (χ2v) is 8.81. The van der Waals surface area contributed by atoms with E-state index in [2.05, 4.69) is 0 Å². The summed E-state index contributed by atoms with van der Waals surface area (Å²) >= 11 is 0. The quantitative estimate of drug-likeness (QED) is 0.376. The Hall–Kier alpha value is -4.31. The van der Waals surface area contributed by atoms with E-state index in [4.69, 9.17) is 5.10 Å². The Morgan fingerprint density at radius 1 is 0.676 bits per heavy atom. The fraction of sp³-hybridized carbons (Fsp3) is 0.100. The standard InChI is InChI=1S/C30H22N2O2/c1-20-16-18-23(19-17-20)32-30(28(33)24-14-8-9-15-25(24)29(30)34)26(21-10-4-2-5-11-21)27(31-32)22-12-6-3-7-13-22/h2-19,26H,1H3. The van der Waals surface area contributed by atoms with Crippen LogP contribution in [0, 0.1) is 6.92 Å². The minimum absolute atomic E-state index is 0.211. The van der Waals surface area contributed by atoms with Gasteiger partial charge in [0.25, 0.3) is 0 Å². The van der Waals surface area contributed by atoms with Crippen molar-refractivity contribution in [1.29, 1.82) is 0 Å². The third-order valence-corrected chi connectivity index (χ3v) is 6.82. The molecule has 1 heterocycles. The van der Waals surface area contributed by atoms with Crippen molar-refractivity contribution in [3.8, 4) is 0 Å². The van der Waals surface area contributed by atoms with E-state index in [1.165, 1.54) is 0 Å². The SMILES string of the molecule is Cc1ccc(N2N=C(c3ccccc3)C(c3ccccc3)C23C(=O)c2ccccc2C3=O)cc1. The summed E-state index contributed by atoms with van der Waals surface area (Å²) in [4.78, 5) is 28.6. The van der Waals surface area contributed by atoms with Gasteiger partial charge in [-0.15, -0.1) is 0 Å². The number of aryl methyl sites for hydroxylation is 1. The van der Waals surface area contributed by atoms with E-state index < -0.39 is 11.5 Å². The van der Waals surface area contributed by atoms with Crippen LogP contribution in [-0.2, 0) is 0 Å². The number of hydrazone groups is 1. The van der Waals surface area contributed by atoms with E-state index in [1.54, 1.807) is 17.1 Å². The molecule has 0 saturated carbocycles. The van der Waals surface area contributed by atoms with Crippen LogP contribution in [0.25, 0.3) is 0 Å². The van der Waals surface area contributed by atoms with Gasteiger partial charge in [0.1, 0.15) is 0 Å². The van der Waals surface area contributed by atoms with Crippen molar-refractivity contribution < 1.29 is 9.59 Å². The predicted molar refractivity (Wildman–Crippen MR) is 134 cm³/mol. The largest absolute Gasteiger partial charge is 0.291 e. The monoisotopic (exact) mass is 442 g/mol. The molecule has 0 N–H and O–H groups in total. The van der Waals surface area contributed by atoms with Gasteiger partial charge >= 0.3 is 0 Å². The highest BCUT2D eigenvalue weighted by Gasteiger charge is 2.66. The summed E-state index contributed by atoms with van der Waals surface area (Å²) in [7, 11) is 0. The lowest BCUT2D eigenvalue weighted by Gasteiger charge is -2.36. The van der Waals surface area contributed by atoms with Gasteiger partial charge in [-0.1, -0.05) is 103 Å². The number of nitrogens with zero attached hydrogens (tertiary/aromatic N) is 2. The molecule has 6 rings (SSSR count). The second kappa shape index (κ2) is 7.63. The lowest BCUT2D eigenvalue weighted by Crippen LogP contribution is -2.57. The van der Waals surface area contributed by atoms with Crippen LogP contribution in [-0.4, -0.2) is 22.8 Å². The van der Waals surface area contributed by atoms with Crippen LogP contribution in [0.5, 0.6) is 0 Å². The van der Waals surface area contributed by atoms with Gasteiger partial charge in [0, 0.05) is 11.1 Å². The number of hydrogen-bond acceptors (Lipinski definition) is 4. The number of carbonyl (C=O) groups is 2. The summed E-state index contributed by atoms with van der Waals surface area (Å²) in [6.45, 7) is 2.01. The lowest BCUT2D eigenvalue weighted by molar-refractivity contribution is 0.0791. The van der Waals surface area contributed by atoms with Crippen LogP contribution in [0.1, 0.15) is 43.3 Å². The number of rotatable bonds is 3. The highest BCUT2D eigenvalue weighted by Crippen LogP contribution is 2.51. The molecule has 34 heavy (non-hydrogen) atoms.